The van der Waals surface area contributed by atoms with Crippen LogP contribution in [0, 0.1) is 6.92 Å². The van der Waals surface area contributed by atoms with E-state index in [4.69, 9.17) is 0 Å². The molecule has 5 heteroatoms. The molecule has 1 fully saturated rings. The third-order valence-corrected chi connectivity index (χ3v) is 6.45. The number of carbonyl (C=O) groups excluding carboxylic acids is 1. The molecule has 0 saturated carbocycles. The van der Waals surface area contributed by atoms with Crippen molar-refractivity contribution < 1.29 is 4.79 Å². The van der Waals surface area contributed by atoms with Crippen molar-refractivity contribution in [1.29, 1.82) is 0 Å². The average molecular weight is 393 g/mol. The fraction of sp³-hybridized carbons (Fsp3) is 0.458. The Balaban J connectivity index is 1.44. The van der Waals surface area contributed by atoms with E-state index in [1.807, 2.05) is 18.0 Å². The lowest BCUT2D eigenvalue weighted by atomic mass is 9.87. The third kappa shape index (κ3) is 4.25. The van der Waals surface area contributed by atoms with Crippen LogP contribution in [0.3, 0.4) is 0 Å². The third-order valence-electron chi connectivity index (χ3n) is 6.45. The molecule has 2 aromatic rings. The standard InChI is InChI=1S/C24H32N4O/c1-18-17-20(28-15-13-26(2)14-16-28)11-12-22(18)25-24(29)27(3)23-10-6-8-19-7-4-5-9-21(19)23/h4-5,7,9,11-12,17,23H,6,8,10,13-16H2,1-3H3,(H,25,29)/t23-/m1/s1. The van der Waals surface area contributed by atoms with E-state index in [1.54, 1.807) is 0 Å². The molecule has 1 aliphatic heterocycles. The van der Waals surface area contributed by atoms with Crippen LogP contribution >= 0.6 is 0 Å². The highest BCUT2D eigenvalue weighted by molar-refractivity contribution is 5.90. The van der Waals surface area contributed by atoms with Crippen LogP contribution in [-0.2, 0) is 6.42 Å². The number of carbonyl (C=O) groups is 1. The first-order valence-electron chi connectivity index (χ1n) is 10.7. The number of piperazine rings is 1. The van der Waals surface area contributed by atoms with E-state index >= 15 is 0 Å². The van der Waals surface area contributed by atoms with Gasteiger partial charge in [0.25, 0.3) is 0 Å². The quantitative estimate of drug-likeness (QED) is 0.847. The Labute approximate surface area is 174 Å². The number of urea groups is 1. The number of rotatable bonds is 3. The number of hydrogen-bond acceptors (Lipinski definition) is 3. The summed E-state index contributed by atoms with van der Waals surface area (Å²) < 4.78 is 0. The molecule has 2 aliphatic rings. The smallest absolute Gasteiger partial charge is 0.322 e. The SMILES string of the molecule is Cc1cc(N2CCN(C)CC2)ccc1NC(=O)N(C)[C@@H]1CCCc2ccccc21. The van der Waals surface area contributed by atoms with E-state index in [0.29, 0.717) is 0 Å². The zero-order valence-electron chi connectivity index (χ0n) is 17.8. The van der Waals surface area contributed by atoms with Crippen molar-refractivity contribution >= 4 is 17.4 Å². The van der Waals surface area contributed by atoms with Gasteiger partial charge in [-0.05, 0) is 68.1 Å². The molecule has 2 amide bonds. The molecular weight excluding hydrogens is 360 g/mol. The summed E-state index contributed by atoms with van der Waals surface area (Å²) in [6.45, 7) is 6.35. The lowest BCUT2D eigenvalue weighted by Crippen LogP contribution is -2.44. The van der Waals surface area contributed by atoms with Crippen molar-refractivity contribution in [2.75, 3.05) is 50.5 Å². The van der Waals surface area contributed by atoms with Crippen LogP contribution in [0.15, 0.2) is 42.5 Å². The number of hydrogen-bond donors (Lipinski definition) is 1. The Bertz CT molecular complexity index is 873. The Morgan fingerprint density at radius 3 is 2.62 bits per heavy atom. The van der Waals surface area contributed by atoms with Crippen molar-refractivity contribution in [3.8, 4) is 0 Å². The maximum absolute atomic E-state index is 13.0. The van der Waals surface area contributed by atoms with Gasteiger partial charge in [-0.25, -0.2) is 4.79 Å². The van der Waals surface area contributed by atoms with Gasteiger partial charge in [0, 0.05) is 44.6 Å². The van der Waals surface area contributed by atoms with Gasteiger partial charge in [0.2, 0.25) is 0 Å². The van der Waals surface area contributed by atoms with Crippen LogP contribution in [0.2, 0.25) is 0 Å². The Morgan fingerprint density at radius 2 is 1.86 bits per heavy atom. The molecule has 4 rings (SSSR count). The monoisotopic (exact) mass is 392 g/mol. The number of anilines is 2. The number of amides is 2. The minimum Gasteiger partial charge on any atom is -0.369 e. The summed E-state index contributed by atoms with van der Waals surface area (Å²) in [6, 6.07) is 15.0. The van der Waals surface area contributed by atoms with Crippen LogP contribution in [0.1, 0.15) is 35.6 Å². The number of aryl methyl sites for hydroxylation is 2. The molecule has 0 unspecified atom stereocenters. The van der Waals surface area contributed by atoms with Crippen LogP contribution in [0.5, 0.6) is 0 Å². The number of nitrogens with zero attached hydrogens (tertiary/aromatic N) is 3. The summed E-state index contributed by atoms with van der Waals surface area (Å²) >= 11 is 0. The molecule has 1 N–H and O–H groups in total. The molecule has 29 heavy (non-hydrogen) atoms. The fourth-order valence-electron chi connectivity index (χ4n) is 4.52. The molecule has 0 spiro atoms. The van der Waals surface area contributed by atoms with Gasteiger partial charge in [-0.3, -0.25) is 0 Å². The minimum atomic E-state index is -0.0397. The largest absolute Gasteiger partial charge is 0.369 e. The highest BCUT2D eigenvalue weighted by atomic mass is 16.2. The zero-order valence-corrected chi connectivity index (χ0v) is 17.8. The van der Waals surface area contributed by atoms with Crippen molar-refractivity contribution in [2.24, 2.45) is 0 Å². The van der Waals surface area contributed by atoms with E-state index in [0.717, 1.165) is 56.7 Å². The molecule has 2 aromatic carbocycles. The number of nitrogens with one attached hydrogen (secondary N) is 1. The lowest BCUT2D eigenvalue weighted by molar-refractivity contribution is 0.197. The first-order valence-corrected chi connectivity index (χ1v) is 10.7. The van der Waals surface area contributed by atoms with E-state index in [1.165, 1.54) is 16.8 Å². The van der Waals surface area contributed by atoms with Gasteiger partial charge in [-0.1, -0.05) is 24.3 Å². The topological polar surface area (TPSA) is 38.8 Å². The molecule has 5 nitrogen and oxygen atoms in total. The van der Waals surface area contributed by atoms with Crippen LogP contribution < -0.4 is 10.2 Å². The second-order valence-electron chi connectivity index (χ2n) is 8.44. The van der Waals surface area contributed by atoms with Crippen molar-refractivity contribution in [2.45, 2.75) is 32.2 Å². The Kier molecular flexibility index (Phi) is 5.76. The number of likely N-dealkylation sites (N-methyl/N-ethyl adjacent to an activating group) is 1. The van der Waals surface area contributed by atoms with Gasteiger partial charge in [-0.15, -0.1) is 0 Å². The van der Waals surface area contributed by atoms with Crippen molar-refractivity contribution in [3.63, 3.8) is 0 Å². The predicted octanol–water partition coefficient (Wildman–Crippen LogP) is 4.29. The number of fused-ring (bicyclic) bond motifs is 1. The van der Waals surface area contributed by atoms with Crippen LogP contribution in [0.4, 0.5) is 16.2 Å². The van der Waals surface area contributed by atoms with E-state index in [9.17, 15) is 4.79 Å². The van der Waals surface area contributed by atoms with E-state index < -0.39 is 0 Å². The average Bonchev–Trinajstić information content (AvgIpc) is 2.74. The summed E-state index contributed by atoms with van der Waals surface area (Å²) in [7, 11) is 4.08. The minimum absolute atomic E-state index is 0.0397. The molecular formula is C24H32N4O. The molecule has 154 valence electrons. The Morgan fingerprint density at radius 1 is 1.10 bits per heavy atom. The molecule has 0 aromatic heterocycles. The van der Waals surface area contributed by atoms with E-state index in [-0.39, 0.29) is 12.1 Å². The molecule has 0 radical (unpaired) electrons. The zero-order chi connectivity index (χ0) is 20.4. The van der Waals surface area contributed by atoms with Gasteiger partial charge in [0.05, 0.1) is 6.04 Å². The fourth-order valence-corrected chi connectivity index (χ4v) is 4.52. The lowest BCUT2D eigenvalue weighted by Gasteiger charge is -2.34. The van der Waals surface area contributed by atoms with Gasteiger partial charge in [0.15, 0.2) is 0 Å². The van der Waals surface area contributed by atoms with Gasteiger partial charge >= 0.3 is 6.03 Å². The van der Waals surface area contributed by atoms with Crippen molar-refractivity contribution in [3.05, 3.63) is 59.2 Å². The van der Waals surface area contributed by atoms with Crippen LogP contribution in [-0.4, -0.2) is 56.1 Å². The predicted molar refractivity (Wildman–Crippen MR) is 120 cm³/mol. The van der Waals surface area contributed by atoms with Gasteiger partial charge < -0.3 is 20.0 Å². The summed E-state index contributed by atoms with van der Waals surface area (Å²) in [5.41, 5.74) is 5.90. The second kappa shape index (κ2) is 8.46. The first kappa shape index (κ1) is 19.8. The highest BCUT2D eigenvalue weighted by Gasteiger charge is 2.26. The normalized spacial score (nSPS) is 19.6. The van der Waals surface area contributed by atoms with Gasteiger partial charge in [-0.2, -0.15) is 0 Å². The second-order valence-corrected chi connectivity index (χ2v) is 8.44. The van der Waals surface area contributed by atoms with Crippen molar-refractivity contribution in [1.82, 2.24) is 9.80 Å². The maximum Gasteiger partial charge on any atom is 0.322 e. The summed E-state index contributed by atoms with van der Waals surface area (Å²) in [5, 5.41) is 3.14. The van der Waals surface area contributed by atoms with Crippen LogP contribution in [0.25, 0.3) is 0 Å². The van der Waals surface area contributed by atoms with Gasteiger partial charge in [0.1, 0.15) is 0 Å². The molecule has 1 aliphatic carbocycles. The molecule has 1 saturated heterocycles. The summed E-state index contributed by atoms with van der Waals surface area (Å²) in [4.78, 5) is 19.6. The van der Waals surface area contributed by atoms with E-state index in [2.05, 4.69) is 65.5 Å². The maximum atomic E-state index is 13.0. The molecule has 1 heterocycles. The molecule has 0 bridgehead atoms. The Hall–Kier alpha value is -2.53. The summed E-state index contributed by atoms with van der Waals surface area (Å²) in [6.07, 6.45) is 3.25. The molecule has 1 atom stereocenters. The summed E-state index contributed by atoms with van der Waals surface area (Å²) in [5.74, 6) is 0. The highest BCUT2D eigenvalue weighted by Crippen LogP contribution is 2.34. The first-order chi connectivity index (χ1) is 14.0. The number of benzene rings is 2.